The van der Waals surface area contributed by atoms with E-state index in [0.29, 0.717) is 97.2 Å². The fraction of sp³-hybridized carbons (Fsp3) is 0.349. The number of anilines is 1. The highest BCUT2D eigenvalue weighted by Crippen LogP contribution is 2.35. The number of nitrogens with zero attached hydrogens (tertiary/aromatic N) is 8. The first-order chi connectivity index (χ1) is 30.5. The second kappa shape index (κ2) is 23.7. The van der Waals surface area contributed by atoms with Crippen molar-refractivity contribution in [2.75, 3.05) is 63.2 Å². The highest BCUT2D eigenvalue weighted by atomic mass is 35.5. The summed E-state index contributed by atoms with van der Waals surface area (Å²) in [5, 5.41) is 19.1. The molecule has 0 atom stereocenters. The Kier molecular flexibility index (Phi) is 17.9. The van der Waals surface area contributed by atoms with E-state index in [0.717, 1.165) is 44.8 Å². The average molecular weight is 953 g/mol. The maximum absolute atomic E-state index is 12.8. The van der Waals surface area contributed by atoms with Crippen LogP contribution < -0.4 is 21.1 Å². The summed E-state index contributed by atoms with van der Waals surface area (Å²) in [6, 6.07) is 14.8. The van der Waals surface area contributed by atoms with E-state index in [-0.39, 0.29) is 18.2 Å². The Bertz CT molecular complexity index is 2460. The van der Waals surface area contributed by atoms with E-state index in [9.17, 15) is 9.59 Å². The summed E-state index contributed by atoms with van der Waals surface area (Å²) in [7, 11) is 0. The Balaban J connectivity index is 0.863. The molecule has 3 N–H and O–H groups in total. The lowest BCUT2D eigenvalue weighted by atomic mass is 10.00. The van der Waals surface area contributed by atoms with Gasteiger partial charge < -0.3 is 20.1 Å². The van der Waals surface area contributed by atoms with Crippen LogP contribution in [0.2, 0.25) is 15.1 Å². The maximum atomic E-state index is 12.8. The number of ether oxygens (including phenoxy) is 2. The van der Waals surface area contributed by atoms with Gasteiger partial charge in [0.25, 0.3) is 0 Å². The number of aromatic nitrogens is 5. The van der Waals surface area contributed by atoms with Crippen molar-refractivity contribution in [2.45, 2.75) is 40.0 Å². The van der Waals surface area contributed by atoms with Gasteiger partial charge >= 0.3 is 0 Å². The summed E-state index contributed by atoms with van der Waals surface area (Å²) in [6.45, 7) is 8.82. The molecular weight excluding hydrogens is 905 g/mol. The molecule has 2 aromatic carbocycles. The number of hydrogen-bond acceptors (Lipinski definition) is 13. The molecule has 0 radical (unpaired) electrons. The Morgan fingerprint density at radius 1 is 0.952 bits per heavy atom. The quantitative estimate of drug-likeness (QED) is 0.0378. The van der Waals surface area contributed by atoms with Gasteiger partial charge in [-0.3, -0.25) is 29.6 Å². The summed E-state index contributed by atoms with van der Waals surface area (Å²) in [6.07, 6.45) is 7.73. The number of nitrogens with one attached hydrogen (secondary N) is 3. The van der Waals surface area contributed by atoms with Crippen LogP contribution in [0.25, 0.3) is 11.1 Å². The lowest BCUT2D eigenvalue weighted by Gasteiger charge is -2.18. The zero-order valence-electron chi connectivity index (χ0n) is 35.3. The van der Waals surface area contributed by atoms with Gasteiger partial charge in [0.05, 0.1) is 59.4 Å². The van der Waals surface area contributed by atoms with E-state index in [2.05, 4.69) is 55.1 Å². The van der Waals surface area contributed by atoms with Crippen LogP contribution in [0.4, 0.5) is 11.5 Å². The number of rotatable bonds is 21. The van der Waals surface area contributed by atoms with Gasteiger partial charge in [0.1, 0.15) is 28.8 Å². The third kappa shape index (κ3) is 13.6. The van der Waals surface area contributed by atoms with Gasteiger partial charge in [-0.25, -0.2) is 15.0 Å². The van der Waals surface area contributed by atoms with Crippen molar-refractivity contribution in [1.82, 2.24) is 40.8 Å². The van der Waals surface area contributed by atoms with Crippen LogP contribution in [-0.2, 0) is 25.5 Å². The number of carbonyl (C=O) groups is 2. The van der Waals surface area contributed by atoms with Crippen molar-refractivity contribution in [3.63, 3.8) is 0 Å². The SMILES string of the molecule is CSC/N=C(/c1ccc(Cl)cc1)c1c(-n2c(C)nnc2CCC(=O)NCCOCCOCCNC(=O)/C=C/c2cc(N=C3CCN(c4ccc(Cl)c(Cl)c4)N3)ncn2)sc(C)c1C. The number of hydrogen-bond donors (Lipinski definition) is 3. The molecule has 4 heterocycles. The number of thioether (sulfide) groups is 1. The molecule has 15 nitrogen and oxygen atoms in total. The molecule has 0 spiro atoms. The predicted molar refractivity (Wildman–Crippen MR) is 255 cm³/mol. The molecule has 6 rings (SSSR count). The van der Waals surface area contributed by atoms with E-state index in [1.54, 1.807) is 47.4 Å². The second-order valence-electron chi connectivity index (χ2n) is 14.1. The van der Waals surface area contributed by atoms with E-state index in [1.807, 2.05) is 53.1 Å². The molecule has 0 bridgehead atoms. The molecule has 1 fully saturated rings. The zero-order chi connectivity index (χ0) is 44.7. The van der Waals surface area contributed by atoms with Gasteiger partial charge in [-0.05, 0) is 69.0 Å². The molecule has 0 aliphatic carbocycles. The zero-order valence-corrected chi connectivity index (χ0v) is 39.2. The molecule has 3 aromatic heterocycles. The number of aryl methyl sites for hydroxylation is 3. The predicted octanol–water partition coefficient (Wildman–Crippen LogP) is 7.52. The fourth-order valence-corrected chi connectivity index (χ4v) is 8.26. The standard InChI is InChI=1S/C43H48Cl3N11O4S2/c1-27-28(2)63-43(41(27)42(51-26-62-4)30-5-7-31(44)8-6-30)57-29(3)53-54-38(57)12-14-40(59)48-17-20-61-22-21-60-19-16-47-39(58)13-9-32-23-37(50-25-49-32)52-36-15-18-56(55-36)33-10-11-34(45)35(46)24-33/h5-11,13,23-25H,12,14-22,26H2,1-4H3,(H,47,58)(H,48,59)(H,49,50,52,55)/b13-9+,51-42-. The highest BCUT2D eigenvalue weighted by molar-refractivity contribution is 7.98. The molecule has 63 heavy (non-hydrogen) atoms. The van der Waals surface area contributed by atoms with Crippen molar-refractivity contribution in [3.8, 4) is 5.00 Å². The molecule has 20 heteroatoms. The maximum Gasteiger partial charge on any atom is 0.244 e. The van der Waals surface area contributed by atoms with Crippen LogP contribution in [0.1, 0.15) is 51.8 Å². The van der Waals surface area contributed by atoms with Crippen LogP contribution in [0, 0.1) is 20.8 Å². The molecule has 5 aromatic rings. The average Bonchev–Trinajstić information content (AvgIpc) is 3.98. The minimum Gasteiger partial charge on any atom is -0.377 e. The van der Waals surface area contributed by atoms with Crippen molar-refractivity contribution in [2.24, 2.45) is 9.98 Å². The van der Waals surface area contributed by atoms with Crippen LogP contribution in [0.3, 0.4) is 0 Å². The lowest BCUT2D eigenvalue weighted by molar-refractivity contribution is -0.121. The number of amides is 2. The van der Waals surface area contributed by atoms with Crippen molar-refractivity contribution >= 4 is 98.8 Å². The van der Waals surface area contributed by atoms with Crippen molar-refractivity contribution in [3.05, 3.63) is 115 Å². The van der Waals surface area contributed by atoms with Gasteiger partial charge in [-0.1, -0.05) is 46.9 Å². The summed E-state index contributed by atoms with van der Waals surface area (Å²) in [5.41, 5.74) is 8.67. The topological polar surface area (TPSA) is 173 Å². The van der Waals surface area contributed by atoms with E-state index >= 15 is 0 Å². The number of carbonyl (C=O) groups excluding carboxylic acids is 2. The van der Waals surface area contributed by atoms with Crippen LogP contribution in [-0.4, -0.2) is 106 Å². The van der Waals surface area contributed by atoms with Crippen LogP contribution >= 0.6 is 57.9 Å². The first kappa shape index (κ1) is 47.6. The third-order valence-corrected chi connectivity index (χ3v) is 12.2. The smallest absolute Gasteiger partial charge is 0.244 e. The molecule has 1 saturated heterocycles. The van der Waals surface area contributed by atoms with Gasteiger partial charge in [-0.2, -0.15) is 0 Å². The number of benzene rings is 2. The number of thiophene rings is 1. The normalized spacial score (nSPS) is 13.6. The summed E-state index contributed by atoms with van der Waals surface area (Å²) in [4.78, 5) is 44.4. The van der Waals surface area contributed by atoms with Crippen LogP contribution in [0.5, 0.6) is 0 Å². The molecule has 332 valence electrons. The minimum atomic E-state index is -0.289. The lowest BCUT2D eigenvalue weighted by Crippen LogP contribution is -2.33. The van der Waals surface area contributed by atoms with E-state index < -0.39 is 0 Å². The summed E-state index contributed by atoms with van der Waals surface area (Å²) < 4.78 is 13.3. The van der Waals surface area contributed by atoms with Gasteiger partial charge in [-0.15, -0.1) is 33.3 Å². The Morgan fingerprint density at radius 2 is 1.71 bits per heavy atom. The molecule has 0 saturated carbocycles. The van der Waals surface area contributed by atoms with E-state index in [4.69, 9.17) is 49.3 Å². The number of hydrazine groups is 1. The molecule has 1 aliphatic rings. The Hall–Kier alpha value is -4.88. The molecular formula is C43H48Cl3N11O4S2. The van der Waals surface area contributed by atoms with Crippen molar-refractivity contribution in [1.29, 1.82) is 0 Å². The summed E-state index contributed by atoms with van der Waals surface area (Å²) >= 11 is 21.7. The Labute approximate surface area is 389 Å². The monoisotopic (exact) mass is 951 g/mol. The largest absolute Gasteiger partial charge is 0.377 e. The third-order valence-electron chi connectivity index (χ3n) is 9.61. The number of aliphatic imine (C=N–C) groups is 2. The minimum absolute atomic E-state index is 0.113. The second-order valence-corrected chi connectivity index (χ2v) is 17.4. The molecule has 2 amide bonds. The first-order valence-electron chi connectivity index (χ1n) is 20.1. The fourth-order valence-electron chi connectivity index (χ4n) is 6.36. The highest BCUT2D eigenvalue weighted by Gasteiger charge is 2.25. The van der Waals surface area contributed by atoms with Crippen LogP contribution in [0.15, 0.2) is 70.9 Å². The summed E-state index contributed by atoms with van der Waals surface area (Å²) in [5.74, 6) is 2.83. The van der Waals surface area contributed by atoms with Gasteiger partial charge in [0.15, 0.2) is 5.82 Å². The first-order valence-corrected chi connectivity index (χ1v) is 23.4. The molecule has 0 unspecified atom stereocenters. The van der Waals surface area contributed by atoms with E-state index in [1.165, 1.54) is 17.3 Å². The Morgan fingerprint density at radius 3 is 2.46 bits per heavy atom. The van der Waals surface area contributed by atoms with Gasteiger partial charge in [0.2, 0.25) is 11.8 Å². The number of amidine groups is 1. The van der Waals surface area contributed by atoms with Gasteiger partial charge in [0, 0.05) is 72.1 Å². The number of halogens is 3. The van der Waals surface area contributed by atoms with Crippen molar-refractivity contribution < 1.29 is 19.1 Å². The molecule has 1 aliphatic heterocycles.